The van der Waals surface area contributed by atoms with Gasteiger partial charge >= 0.3 is 5.63 Å². The van der Waals surface area contributed by atoms with Gasteiger partial charge in [0, 0.05) is 21.5 Å². The molecule has 1 aliphatic heterocycles. The van der Waals surface area contributed by atoms with Gasteiger partial charge < -0.3 is 24.4 Å². The van der Waals surface area contributed by atoms with Crippen LogP contribution in [0.5, 0.6) is 23.1 Å². The first-order valence-electron chi connectivity index (χ1n) is 12.0. The Morgan fingerprint density at radius 1 is 1.08 bits per heavy atom. The fourth-order valence-electron chi connectivity index (χ4n) is 4.79. The van der Waals surface area contributed by atoms with E-state index in [4.69, 9.17) is 40.9 Å². The van der Waals surface area contributed by atoms with E-state index < -0.39 is 11.5 Å². The number of para-hydroxylation sites is 1. The first-order chi connectivity index (χ1) is 19.0. The number of methoxy groups -OCH3 is 1. The number of nitriles is 1. The number of hydrogen-bond acceptors (Lipinski definition) is 8. The summed E-state index contributed by atoms with van der Waals surface area (Å²) in [6.45, 7) is 0. The van der Waals surface area contributed by atoms with Gasteiger partial charge in [-0.25, -0.2) is 9.78 Å². The third-order valence-electron chi connectivity index (χ3n) is 6.59. The highest BCUT2D eigenvalue weighted by atomic mass is 35.5. The van der Waals surface area contributed by atoms with Crippen LogP contribution in [0.15, 0.2) is 93.5 Å². The van der Waals surface area contributed by atoms with Crippen molar-refractivity contribution in [2.24, 2.45) is 5.73 Å². The molecule has 39 heavy (non-hydrogen) atoms. The monoisotopic (exact) mass is 537 g/mol. The van der Waals surface area contributed by atoms with Crippen LogP contribution < -0.4 is 25.6 Å². The van der Waals surface area contributed by atoms with Gasteiger partial charge in [-0.05, 0) is 60.7 Å². The van der Waals surface area contributed by atoms with Gasteiger partial charge in [0.1, 0.15) is 17.1 Å². The molecular formula is C30H20ClN3O5. The molecule has 5 aromatic rings. The number of fused-ring (bicyclic) bond motifs is 4. The van der Waals surface area contributed by atoms with Crippen LogP contribution in [0, 0.1) is 11.3 Å². The van der Waals surface area contributed by atoms with Gasteiger partial charge in [-0.3, -0.25) is 0 Å². The molecule has 1 atom stereocenters. The van der Waals surface area contributed by atoms with Crippen LogP contribution in [0.1, 0.15) is 23.5 Å². The van der Waals surface area contributed by atoms with E-state index in [2.05, 4.69) is 6.07 Å². The van der Waals surface area contributed by atoms with Crippen LogP contribution in [0.3, 0.4) is 0 Å². The molecule has 3 heterocycles. The van der Waals surface area contributed by atoms with Crippen LogP contribution in [0.25, 0.3) is 21.9 Å². The fraction of sp³-hybridized carbons (Fsp3) is 0.100. The Morgan fingerprint density at radius 2 is 1.85 bits per heavy atom. The number of rotatable bonds is 5. The molecule has 0 aliphatic carbocycles. The molecule has 8 nitrogen and oxygen atoms in total. The third kappa shape index (κ3) is 4.29. The lowest BCUT2D eigenvalue weighted by Crippen LogP contribution is -2.27. The Balaban J connectivity index is 1.66. The summed E-state index contributed by atoms with van der Waals surface area (Å²) in [6.07, 6.45) is -0.0985. The number of halogens is 1. The standard InChI is InChI=1S/C30H20ClN3O5/c1-36-19-10-11-23-16(14-19)15-22(29(34-23)37-18-8-6-17(31)7-9-18)25-21(12-13-32)28(33)39-27-20-4-2-3-5-24(20)38-30(35)26(25)27/h2-11,14-15,25H,12,33H2,1H3. The highest BCUT2D eigenvalue weighted by Crippen LogP contribution is 2.47. The van der Waals surface area contributed by atoms with Crippen molar-refractivity contribution in [3.05, 3.63) is 111 Å². The average molecular weight is 538 g/mol. The summed E-state index contributed by atoms with van der Waals surface area (Å²) >= 11 is 6.07. The molecule has 1 unspecified atom stereocenters. The lowest BCUT2D eigenvalue weighted by atomic mass is 9.82. The molecule has 0 bridgehead atoms. The van der Waals surface area contributed by atoms with Crippen molar-refractivity contribution in [1.82, 2.24) is 4.98 Å². The van der Waals surface area contributed by atoms with Crippen LogP contribution >= 0.6 is 11.6 Å². The summed E-state index contributed by atoms with van der Waals surface area (Å²) in [5.41, 5.74) is 7.90. The number of pyridine rings is 1. The molecule has 0 saturated carbocycles. The number of allylic oxidation sites excluding steroid dienone is 1. The molecule has 2 aromatic heterocycles. The predicted molar refractivity (Wildman–Crippen MR) is 146 cm³/mol. The maximum Gasteiger partial charge on any atom is 0.344 e. The number of nitrogens with zero attached hydrogens (tertiary/aromatic N) is 2. The Hall–Kier alpha value is -5.00. The SMILES string of the molecule is COc1ccc2nc(Oc3ccc(Cl)cc3)c(C3C(CC#N)=C(N)Oc4c3c(=O)oc3ccccc43)cc2c1. The van der Waals surface area contributed by atoms with Crippen molar-refractivity contribution >= 4 is 33.5 Å². The highest BCUT2D eigenvalue weighted by molar-refractivity contribution is 6.30. The Bertz CT molecular complexity index is 1890. The maximum atomic E-state index is 13.5. The second-order valence-electron chi connectivity index (χ2n) is 8.89. The van der Waals surface area contributed by atoms with Crippen LogP contribution in [0.2, 0.25) is 5.02 Å². The number of nitrogens with two attached hydrogens (primary N) is 1. The van der Waals surface area contributed by atoms with E-state index in [0.29, 0.717) is 44.1 Å². The Kier molecular flexibility index (Phi) is 6.06. The molecule has 3 aromatic carbocycles. The summed E-state index contributed by atoms with van der Waals surface area (Å²) < 4.78 is 23.4. The number of aromatic nitrogens is 1. The highest BCUT2D eigenvalue weighted by Gasteiger charge is 2.37. The normalized spacial score (nSPS) is 14.5. The maximum absolute atomic E-state index is 13.5. The number of benzene rings is 3. The van der Waals surface area contributed by atoms with E-state index >= 15 is 0 Å². The zero-order valence-corrected chi connectivity index (χ0v) is 21.4. The van der Waals surface area contributed by atoms with Crippen molar-refractivity contribution < 1.29 is 18.6 Å². The lowest BCUT2D eigenvalue weighted by molar-refractivity contribution is 0.379. The largest absolute Gasteiger partial charge is 0.497 e. The quantitative estimate of drug-likeness (QED) is 0.255. The van der Waals surface area contributed by atoms with Gasteiger partial charge in [0.05, 0.1) is 42.0 Å². The molecule has 9 heteroatoms. The minimum Gasteiger partial charge on any atom is -0.497 e. The molecule has 192 valence electrons. The van der Waals surface area contributed by atoms with Crippen molar-refractivity contribution in [3.8, 4) is 29.2 Å². The first kappa shape index (κ1) is 24.3. The zero-order valence-electron chi connectivity index (χ0n) is 20.6. The van der Waals surface area contributed by atoms with Crippen molar-refractivity contribution in [2.45, 2.75) is 12.3 Å². The molecule has 0 radical (unpaired) electrons. The minimum atomic E-state index is -0.834. The lowest BCUT2D eigenvalue weighted by Gasteiger charge is -2.29. The molecule has 0 spiro atoms. The van der Waals surface area contributed by atoms with Gasteiger partial charge in [-0.1, -0.05) is 23.7 Å². The van der Waals surface area contributed by atoms with E-state index in [0.717, 1.165) is 5.39 Å². The second kappa shape index (κ2) is 9.71. The number of hydrogen-bond donors (Lipinski definition) is 1. The van der Waals surface area contributed by atoms with Gasteiger partial charge in [-0.2, -0.15) is 5.26 Å². The summed E-state index contributed by atoms with van der Waals surface area (Å²) in [7, 11) is 1.58. The minimum absolute atomic E-state index is 0.0352. The fourth-order valence-corrected chi connectivity index (χ4v) is 4.91. The molecule has 6 rings (SSSR count). The molecule has 1 aliphatic rings. The molecule has 0 amide bonds. The molecular weight excluding hydrogens is 518 g/mol. The third-order valence-corrected chi connectivity index (χ3v) is 6.84. The van der Waals surface area contributed by atoms with Crippen molar-refractivity contribution in [3.63, 3.8) is 0 Å². The van der Waals surface area contributed by atoms with Gasteiger partial charge in [0.15, 0.2) is 11.6 Å². The molecule has 0 fully saturated rings. The zero-order chi connectivity index (χ0) is 27.1. The van der Waals surface area contributed by atoms with Crippen LogP contribution in [-0.2, 0) is 0 Å². The van der Waals surface area contributed by atoms with E-state index in [1.165, 1.54) is 0 Å². The topological polar surface area (TPSA) is 121 Å². The second-order valence-corrected chi connectivity index (χ2v) is 9.32. The first-order valence-corrected chi connectivity index (χ1v) is 12.4. The van der Waals surface area contributed by atoms with Crippen LogP contribution in [-0.4, -0.2) is 12.1 Å². The van der Waals surface area contributed by atoms with Crippen molar-refractivity contribution in [2.75, 3.05) is 7.11 Å². The summed E-state index contributed by atoms with van der Waals surface area (Å²) in [5.74, 6) is 0.815. The summed E-state index contributed by atoms with van der Waals surface area (Å²) in [4.78, 5) is 18.3. The molecule has 0 saturated heterocycles. The van der Waals surface area contributed by atoms with Crippen molar-refractivity contribution in [1.29, 1.82) is 5.26 Å². The number of ether oxygens (including phenoxy) is 3. The van der Waals surface area contributed by atoms with Gasteiger partial charge in [0.2, 0.25) is 5.88 Å². The summed E-state index contributed by atoms with van der Waals surface area (Å²) in [6, 6.07) is 23.3. The van der Waals surface area contributed by atoms with Crippen LogP contribution in [0.4, 0.5) is 0 Å². The Morgan fingerprint density at radius 3 is 2.62 bits per heavy atom. The van der Waals surface area contributed by atoms with E-state index in [9.17, 15) is 10.1 Å². The smallest absolute Gasteiger partial charge is 0.344 e. The predicted octanol–water partition coefficient (Wildman–Crippen LogP) is 6.40. The van der Waals surface area contributed by atoms with E-state index in [1.807, 2.05) is 24.3 Å². The average Bonchev–Trinajstić information content (AvgIpc) is 2.94. The van der Waals surface area contributed by atoms with E-state index in [-0.39, 0.29) is 29.5 Å². The molecule has 2 N–H and O–H groups in total. The van der Waals surface area contributed by atoms with E-state index in [1.54, 1.807) is 55.6 Å². The van der Waals surface area contributed by atoms with Gasteiger partial charge in [0.25, 0.3) is 0 Å². The summed E-state index contributed by atoms with van der Waals surface area (Å²) in [5, 5.41) is 11.6. The Labute approximate surface area is 227 Å². The van der Waals surface area contributed by atoms with Gasteiger partial charge in [-0.15, -0.1) is 0 Å².